The Balaban J connectivity index is 1.53. The number of nitrogens with zero attached hydrogens (tertiary/aromatic N) is 2. The van der Waals surface area contributed by atoms with E-state index in [4.69, 9.17) is 0 Å². The number of nitrogens with one attached hydrogen (secondary N) is 2. The lowest BCUT2D eigenvalue weighted by molar-refractivity contribution is 0.474. The third-order valence-electron chi connectivity index (χ3n) is 3.76. The van der Waals surface area contributed by atoms with Crippen LogP contribution in [0.15, 0.2) is 42.6 Å². The summed E-state index contributed by atoms with van der Waals surface area (Å²) in [5, 5.41) is 20.3. The van der Waals surface area contributed by atoms with E-state index >= 15 is 0 Å². The van der Waals surface area contributed by atoms with Gasteiger partial charge in [0.05, 0.1) is 11.6 Å². The third kappa shape index (κ3) is 3.26. The highest BCUT2D eigenvalue weighted by Crippen LogP contribution is 2.19. The number of aryl methyl sites for hydroxylation is 1. The van der Waals surface area contributed by atoms with Crippen molar-refractivity contribution in [1.29, 1.82) is 0 Å². The van der Waals surface area contributed by atoms with E-state index in [9.17, 15) is 5.11 Å². The van der Waals surface area contributed by atoms with Crippen LogP contribution in [0, 0.1) is 0 Å². The lowest BCUT2D eigenvalue weighted by atomic mass is 10.1. The summed E-state index contributed by atoms with van der Waals surface area (Å²) in [6.07, 6.45) is 3.73. The number of phenolic OH excluding ortho intramolecular Hbond substituents is 1. The van der Waals surface area contributed by atoms with E-state index in [2.05, 4.69) is 27.4 Å². The van der Waals surface area contributed by atoms with Crippen molar-refractivity contribution in [2.24, 2.45) is 0 Å². The number of pyridine rings is 1. The van der Waals surface area contributed by atoms with Crippen molar-refractivity contribution in [3.8, 4) is 5.75 Å². The molecule has 2 aromatic heterocycles. The number of hydrogen-bond acceptors (Lipinski definition) is 4. The Hall–Kier alpha value is -2.40. The highest BCUT2D eigenvalue weighted by Gasteiger charge is 2.13. The van der Waals surface area contributed by atoms with Crippen molar-refractivity contribution in [2.75, 3.05) is 6.54 Å². The number of aromatic nitrogens is 3. The summed E-state index contributed by atoms with van der Waals surface area (Å²) in [5.74, 6) is 0.327. The first-order chi connectivity index (χ1) is 10.7. The topological polar surface area (TPSA) is 73.8 Å². The summed E-state index contributed by atoms with van der Waals surface area (Å²) in [6, 6.07) is 11.4. The molecular weight excluding hydrogens is 276 g/mol. The Morgan fingerprint density at radius 3 is 3.05 bits per heavy atom. The van der Waals surface area contributed by atoms with Gasteiger partial charge in [-0.05, 0) is 56.1 Å². The van der Waals surface area contributed by atoms with Crippen LogP contribution in [0.2, 0.25) is 0 Å². The van der Waals surface area contributed by atoms with Gasteiger partial charge in [0.1, 0.15) is 17.0 Å². The van der Waals surface area contributed by atoms with E-state index in [1.807, 2.05) is 30.3 Å². The van der Waals surface area contributed by atoms with E-state index in [0.717, 1.165) is 41.7 Å². The van der Waals surface area contributed by atoms with Gasteiger partial charge >= 0.3 is 0 Å². The van der Waals surface area contributed by atoms with Crippen LogP contribution >= 0.6 is 0 Å². The van der Waals surface area contributed by atoms with Crippen LogP contribution in [0.3, 0.4) is 0 Å². The Morgan fingerprint density at radius 1 is 1.27 bits per heavy atom. The molecule has 0 aliphatic rings. The summed E-state index contributed by atoms with van der Waals surface area (Å²) in [6.45, 7) is 2.98. The van der Waals surface area contributed by atoms with Gasteiger partial charge in [-0.3, -0.25) is 10.1 Å². The minimum Gasteiger partial charge on any atom is -0.508 e. The van der Waals surface area contributed by atoms with E-state index in [-0.39, 0.29) is 6.04 Å². The van der Waals surface area contributed by atoms with Crippen LogP contribution < -0.4 is 5.32 Å². The van der Waals surface area contributed by atoms with Crippen LogP contribution in [0.25, 0.3) is 11.0 Å². The number of aromatic amines is 1. The zero-order valence-corrected chi connectivity index (χ0v) is 12.6. The standard InChI is InChI=1S/C17H20N4O/c1-12(16-17-15(20-21-16)8-4-10-19-17)18-9-3-6-13-5-2-7-14(22)11-13/h2,4-5,7-8,10-12,18,22H,3,6,9H2,1H3,(H,20,21). The SMILES string of the molecule is CC(NCCCc1cccc(O)c1)c1n[nH]c2cccnc12. The van der Waals surface area contributed by atoms with Gasteiger partial charge in [0.25, 0.3) is 0 Å². The van der Waals surface area contributed by atoms with Gasteiger partial charge in [-0.15, -0.1) is 0 Å². The van der Waals surface area contributed by atoms with E-state index in [1.54, 1.807) is 12.3 Å². The average molecular weight is 296 g/mol. The van der Waals surface area contributed by atoms with Gasteiger partial charge in [-0.2, -0.15) is 5.10 Å². The minimum atomic E-state index is 0.146. The maximum absolute atomic E-state index is 9.45. The van der Waals surface area contributed by atoms with Gasteiger partial charge in [0.15, 0.2) is 0 Å². The zero-order chi connectivity index (χ0) is 15.4. The largest absolute Gasteiger partial charge is 0.508 e. The molecule has 3 N–H and O–H groups in total. The first kappa shape index (κ1) is 14.5. The normalized spacial score (nSPS) is 12.6. The molecule has 114 valence electrons. The molecule has 1 atom stereocenters. The molecule has 5 nitrogen and oxygen atoms in total. The van der Waals surface area contributed by atoms with E-state index in [0.29, 0.717) is 5.75 Å². The molecule has 1 aromatic carbocycles. The van der Waals surface area contributed by atoms with Gasteiger partial charge in [-0.1, -0.05) is 12.1 Å². The average Bonchev–Trinajstić information content (AvgIpc) is 2.95. The number of hydrogen-bond donors (Lipinski definition) is 3. The molecule has 2 heterocycles. The van der Waals surface area contributed by atoms with Crippen molar-refractivity contribution in [3.63, 3.8) is 0 Å². The molecule has 0 aliphatic heterocycles. The van der Waals surface area contributed by atoms with Crippen molar-refractivity contribution >= 4 is 11.0 Å². The Kier molecular flexibility index (Phi) is 4.34. The van der Waals surface area contributed by atoms with Gasteiger partial charge < -0.3 is 10.4 Å². The van der Waals surface area contributed by atoms with Gasteiger partial charge in [0, 0.05) is 6.20 Å². The first-order valence-electron chi connectivity index (χ1n) is 7.54. The lowest BCUT2D eigenvalue weighted by Gasteiger charge is -2.11. The molecule has 3 rings (SSSR count). The van der Waals surface area contributed by atoms with Crippen molar-refractivity contribution in [1.82, 2.24) is 20.5 Å². The van der Waals surface area contributed by atoms with Crippen molar-refractivity contribution in [2.45, 2.75) is 25.8 Å². The van der Waals surface area contributed by atoms with Crippen LogP contribution in [-0.4, -0.2) is 26.8 Å². The third-order valence-corrected chi connectivity index (χ3v) is 3.76. The zero-order valence-electron chi connectivity index (χ0n) is 12.6. The molecule has 3 aromatic rings. The molecule has 0 amide bonds. The van der Waals surface area contributed by atoms with Crippen LogP contribution in [0.1, 0.15) is 30.6 Å². The van der Waals surface area contributed by atoms with Gasteiger partial charge in [0.2, 0.25) is 0 Å². The first-order valence-corrected chi connectivity index (χ1v) is 7.54. The summed E-state index contributed by atoms with van der Waals surface area (Å²) in [4.78, 5) is 4.39. The maximum Gasteiger partial charge on any atom is 0.115 e. The van der Waals surface area contributed by atoms with Crippen molar-refractivity contribution < 1.29 is 5.11 Å². The molecule has 0 bridgehead atoms. The fourth-order valence-electron chi connectivity index (χ4n) is 2.59. The Morgan fingerprint density at radius 2 is 2.18 bits per heavy atom. The highest BCUT2D eigenvalue weighted by atomic mass is 16.3. The Bertz CT molecular complexity index is 753. The van der Waals surface area contributed by atoms with E-state index in [1.165, 1.54) is 0 Å². The predicted molar refractivity (Wildman–Crippen MR) is 86.7 cm³/mol. The Labute approximate surface area is 129 Å². The fourth-order valence-corrected chi connectivity index (χ4v) is 2.59. The monoisotopic (exact) mass is 296 g/mol. The number of rotatable bonds is 6. The second-order valence-corrected chi connectivity index (χ2v) is 5.46. The minimum absolute atomic E-state index is 0.146. The summed E-state index contributed by atoms with van der Waals surface area (Å²) in [7, 11) is 0. The van der Waals surface area contributed by atoms with Crippen molar-refractivity contribution in [3.05, 3.63) is 53.9 Å². The summed E-state index contributed by atoms with van der Waals surface area (Å²) in [5.41, 5.74) is 4.00. The lowest BCUT2D eigenvalue weighted by Crippen LogP contribution is -2.21. The molecule has 1 unspecified atom stereocenters. The van der Waals surface area contributed by atoms with Crippen LogP contribution in [0.5, 0.6) is 5.75 Å². The molecule has 0 saturated heterocycles. The second-order valence-electron chi connectivity index (χ2n) is 5.46. The number of fused-ring (bicyclic) bond motifs is 1. The highest BCUT2D eigenvalue weighted by molar-refractivity contribution is 5.76. The molecule has 0 fully saturated rings. The number of H-pyrrole nitrogens is 1. The molecule has 22 heavy (non-hydrogen) atoms. The van der Waals surface area contributed by atoms with E-state index < -0.39 is 0 Å². The second kappa shape index (κ2) is 6.58. The fraction of sp³-hybridized carbons (Fsp3) is 0.294. The molecule has 0 radical (unpaired) electrons. The molecular formula is C17H20N4O. The van der Waals surface area contributed by atoms with Crippen LogP contribution in [0.4, 0.5) is 0 Å². The quantitative estimate of drug-likeness (QED) is 0.611. The molecule has 5 heteroatoms. The van der Waals surface area contributed by atoms with Crippen LogP contribution in [-0.2, 0) is 6.42 Å². The molecule has 0 spiro atoms. The number of aromatic hydroxyl groups is 1. The predicted octanol–water partition coefficient (Wildman–Crippen LogP) is 2.95. The molecule has 0 saturated carbocycles. The van der Waals surface area contributed by atoms with Gasteiger partial charge in [-0.25, -0.2) is 0 Å². The smallest absolute Gasteiger partial charge is 0.115 e. The molecule has 0 aliphatic carbocycles. The maximum atomic E-state index is 9.45. The number of benzene rings is 1. The summed E-state index contributed by atoms with van der Waals surface area (Å²) < 4.78 is 0. The summed E-state index contributed by atoms with van der Waals surface area (Å²) >= 11 is 0. The number of phenols is 1.